The third-order valence-electron chi connectivity index (χ3n) is 4.78. The predicted molar refractivity (Wildman–Crippen MR) is 78.6 cm³/mol. The molecular formula is C16H24N2O. The van der Waals surface area contributed by atoms with Crippen LogP contribution in [-0.2, 0) is 6.42 Å². The molecule has 2 atom stereocenters. The highest BCUT2D eigenvalue weighted by Crippen LogP contribution is 2.34. The number of hydrogen-bond acceptors (Lipinski definition) is 3. The first kappa shape index (κ1) is 12.9. The van der Waals surface area contributed by atoms with Gasteiger partial charge in [0.05, 0.1) is 0 Å². The summed E-state index contributed by atoms with van der Waals surface area (Å²) >= 11 is 0. The van der Waals surface area contributed by atoms with Crippen LogP contribution in [0.4, 0.5) is 5.69 Å². The summed E-state index contributed by atoms with van der Waals surface area (Å²) in [4.78, 5) is 5.00. The van der Waals surface area contributed by atoms with Crippen molar-refractivity contribution in [1.82, 2.24) is 4.90 Å². The van der Waals surface area contributed by atoms with Crippen molar-refractivity contribution in [3.8, 4) is 0 Å². The molecule has 1 aromatic rings. The number of rotatable bonds is 3. The zero-order valence-electron chi connectivity index (χ0n) is 11.8. The number of fused-ring (bicyclic) bond motifs is 1. The van der Waals surface area contributed by atoms with Crippen molar-refractivity contribution in [3.63, 3.8) is 0 Å². The maximum atomic E-state index is 9.73. The number of para-hydroxylation sites is 1. The SMILES string of the molecule is CCN1CCC(N2CCc3ccccc32)[C@H](CO)C1. The molecule has 1 unspecified atom stereocenters. The van der Waals surface area contributed by atoms with Gasteiger partial charge in [0.2, 0.25) is 0 Å². The standard InChI is InChI=1S/C16H24N2O/c1-2-17-9-8-16(14(11-17)12-19)18-10-7-13-5-3-4-6-15(13)18/h3-6,14,16,19H,2,7-12H2,1H3/t14-,16?/m0/s1. The van der Waals surface area contributed by atoms with Crippen LogP contribution in [0.1, 0.15) is 18.9 Å². The Morgan fingerprint density at radius 1 is 1.26 bits per heavy atom. The molecular weight excluding hydrogens is 236 g/mol. The smallest absolute Gasteiger partial charge is 0.0491 e. The molecule has 0 bridgehead atoms. The molecule has 1 N–H and O–H groups in total. The minimum absolute atomic E-state index is 0.305. The second-order valence-corrected chi connectivity index (χ2v) is 5.76. The molecule has 1 fully saturated rings. The second-order valence-electron chi connectivity index (χ2n) is 5.76. The molecule has 0 aliphatic carbocycles. The number of nitrogens with zero attached hydrogens (tertiary/aromatic N) is 2. The summed E-state index contributed by atoms with van der Waals surface area (Å²) in [6, 6.07) is 9.25. The van der Waals surface area contributed by atoms with Gasteiger partial charge in [-0.05, 0) is 31.0 Å². The number of hydrogen-bond donors (Lipinski definition) is 1. The van der Waals surface area contributed by atoms with E-state index in [2.05, 4.69) is 41.0 Å². The van der Waals surface area contributed by atoms with Gasteiger partial charge in [0.15, 0.2) is 0 Å². The van der Waals surface area contributed by atoms with Gasteiger partial charge in [0.25, 0.3) is 0 Å². The van der Waals surface area contributed by atoms with E-state index in [0.717, 1.165) is 32.6 Å². The Bertz CT molecular complexity index is 435. The minimum atomic E-state index is 0.305. The molecule has 2 heterocycles. The van der Waals surface area contributed by atoms with E-state index in [1.54, 1.807) is 0 Å². The summed E-state index contributed by atoms with van der Waals surface area (Å²) in [6.07, 6.45) is 2.33. The van der Waals surface area contributed by atoms with Crippen LogP contribution in [-0.4, -0.2) is 48.8 Å². The van der Waals surface area contributed by atoms with E-state index >= 15 is 0 Å². The van der Waals surface area contributed by atoms with Gasteiger partial charge in [-0.15, -0.1) is 0 Å². The predicted octanol–water partition coefficient (Wildman–Crippen LogP) is 1.75. The van der Waals surface area contributed by atoms with Crippen LogP contribution in [0.5, 0.6) is 0 Å². The van der Waals surface area contributed by atoms with Crippen LogP contribution in [0.15, 0.2) is 24.3 Å². The molecule has 0 aromatic heterocycles. The first-order chi connectivity index (χ1) is 9.33. The van der Waals surface area contributed by atoms with Crippen LogP contribution >= 0.6 is 0 Å². The molecule has 0 saturated carbocycles. The fraction of sp³-hybridized carbons (Fsp3) is 0.625. The monoisotopic (exact) mass is 260 g/mol. The lowest BCUT2D eigenvalue weighted by atomic mass is 9.91. The first-order valence-corrected chi connectivity index (χ1v) is 7.51. The van der Waals surface area contributed by atoms with Gasteiger partial charge in [-0.25, -0.2) is 0 Å². The zero-order chi connectivity index (χ0) is 13.2. The molecule has 0 spiro atoms. The Hall–Kier alpha value is -1.06. The zero-order valence-corrected chi connectivity index (χ0v) is 11.8. The Kier molecular flexibility index (Phi) is 3.76. The van der Waals surface area contributed by atoms with Crippen molar-refractivity contribution in [2.24, 2.45) is 5.92 Å². The highest BCUT2D eigenvalue weighted by Gasteiger charge is 2.35. The quantitative estimate of drug-likeness (QED) is 0.897. The first-order valence-electron chi connectivity index (χ1n) is 7.51. The van der Waals surface area contributed by atoms with E-state index in [-0.39, 0.29) is 0 Å². The summed E-state index contributed by atoms with van der Waals surface area (Å²) in [7, 11) is 0. The van der Waals surface area contributed by atoms with Gasteiger partial charge in [-0.1, -0.05) is 25.1 Å². The van der Waals surface area contributed by atoms with E-state index in [0.29, 0.717) is 18.6 Å². The summed E-state index contributed by atoms with van der Waals surface area (Å²) in [5, 5.41) is 9.73. The van der Waals surface area contributed by atoms with Crippen molar-refractivity contribution >= 4 is 5.69 Å². The van der Waals surface area contributed by atoms with Crippen LogP contribution < -0.4 is 4.90 Å². The molecule has 2 aliphatic rings. The third kappa shape index (κ3) is 2.37. The number of likely N-dealkylation sites (tertiary alicyclic amines) is 1. The normalized spacial score (nSPS) is 27.6. The van der Waals surface area contributed by atoms with Crippen molar-refractivity contribution in [1.29, 1.82) is 0 Å². The Balaban J connectivity index is 1.79. The van der Waals surface area contributed by atoms with E-state index in [9.17, 15) is 5.11 Å². The van der Waals surface area contributed by atoms with Crippen LogP contribution in [0.2, 0.25) is 0 Å². The van der Waals surface area contributed by atoms with Crippen molar-refractivity contribution < 1.29 is 5.11 Å². The second kappa shape index (κ2) is 5.51. The third-order valence-corrected chi connectivity index (χ3v) is 4.78. The summed E-state index contributed by atoms with van der Waals surface area (Å²) in [5.41, 5.74) is 2.87. The maximum Gasteiger partial charge on any atom is 0.0491 e. The van der Waals surface area contributed by atoms with Gasteiger partial charge in [-0.2, -0.15) is 0 Å². The highest BCUT2D eigenvalue weighted by molar-refractivity contribution is 5.58. The van der Waals surface area contributed by atoms with Crippen molar-refractivity contribution in [2.45, 2.75) is 25.8 Å². The molecule has 3 nitrogen and oxygen atoms in total. The van der Waals surface area contributed by atoms with E-state index in [4.69, 9.17) is 0 Å². The van der Waals surface area contributed by atoms with Crippen molar-refractivity contribution in [3.05, 3.63) is 29.8 Å². The molecule has 1 aromatic carbocycles. The molecule has 1 saturated heterocycles. The number of anilines is 1. The van der Waals surface area contributed by atoms with Gasteiger partial charge in [-0.3, -0.25) is 0 Å². The number of benzene rings is 1. The number of piperidine rings is 1. The fourth-order valence-corrected chi connectivity index (χ4v) is 3.68. The average molecular weight is 260 g/mol. The highest BCUT2D eigenvalue weighted by atomic mass is 16.3. The van der Waals surface area contributed by atoms with Crippen LogP contribution in [0.25, 0.3) is 0 Å². The molecule has 0 radical (unpaired) electrons. The summed E-state index contributed by atoms with van der Waals surface area (Å²) in [5.74, 6) is 0.389. The average Bonchev–Trinajstić information content (AvgIpc) is 2.90. The van der Waals surface area contributed by atoms with Gasteiger partial charge in [0, 0.05) is 43.9 Å². The van der Waals surface area contributed by atoms with E-state index < -0.39 is 0 Å². The topological polar surface area (TPSA) is 26.7 Å². The lowest BCUT2D eigenvalue weighted by Crippen LogP contribution is -2.52. The largest absolute Gasteiger partial charge is 0.396 e. The van der Waals surface area contributed by atoms with Gasteiger partial charge >= 0.3 is 0 Å². The van der Waals surface area contributed by atoms with Crippen molar-refractivity contribution in [2.75, 3.05) is 37.7 Å². The summed E-state index contributed by atoms with van der Waals surface area (Å²) in [6.45, 7) is 6.93. The van der Waals surface area contributed by atoms with Crippen LogP contribution in [0.3, 0.4) is 0 Å². The Labute approximate surface area is 115 Å². The lowest BCUT2D eigenvalue weighted by Gasteiger charge is -2.43. The summed E-state index contributed by atoms with van der Waals surface area (Å²) < 4.78 is 0. The molecule has 19 heavy (non-hydrogen) atoms. The maximum absolute atomic E-state index is 9.73. The Morgan fingerprint density at radius 2 is 2.11 bits per heavy atom. The van der Waals surface area contributed by atoms with E-state index in [1.807, 2.05) is 0 Å². The molecule has 3 heteroatoms. The van der Waals surface area contributed by atoms with Gasteiger partial charge < -0.3 is 14.9 Å². The van der Waals surface area contributed by atoms with E-state index in [1.165, 1.54) is 17.7 Å². The lowest BCUT2D eigenvalue weighted by molar-refractivity contribution is 0.104. The number of aliphatic hydroxyl groups excluding tert-OH is 1. The van der Waals surface area contributed by atoms with Crippen LogP contribution in [0, 0.1) is 5.92 Å². The number of aliphatic hydroxyl groups is 1. The molecule has 0 amide bonds. The fourth-order valence-electron chi connectivity index (χ4n) is 3.68. The minimum Gasteiger partial charge on any atom is -0.396 e. The van der Waals surface area contributed by atoms with Gasteiger partial charge in [0.1, 0.15) is 0 Å². The molecule has 2 aliphatic heterocycles. The Morgan fingerprint density at radius 3 is 2.89 bits per heavy atom. The molecule has 104 valence electrons. The molecule has 3 rings (SSSR count).